The number of carbonyl (C=O) groups excluding carboxylic acids is 2. The molecular formula is C16H15N3O4. The molecule has 0 bridgehead atoms. The molecule has 0 radical (unpaired) electrons. The first-order valence-corrected chi connectivity index (χ1v) is 6.81. The number of carbonyl (C=O) groups is 2. The van der Waals surface area contributed by atoms with Crippen LogP contribution in [0.15, 0.2) is 42.5 Å². The van der Waals surface area contributed by atoms with Crippen LogP contribution in [0.25, 0.3) is 0 Å². The number of hydrogen-bond acceptors (Lipinski definition) is 4. The highest BCUT2D eigenvalue weighted by Gasteiger charge is 2.15. The van der Waals surface area contributed by atoms with Crippen LogP contribution >= 0.6 is 0 Å². The maximum absolute atomic E-state index is 12.2. The summed E-state index contributed by atoms with van der Waals surface area (Å²) in [6, 6.07) is 10.7. The Hall–Kier alpha value is -3.22. The largest absolute Gasteiger partial charge is 0.355 e. The van der Waals surface area contributed by atoms with E-state index in [0.29, 0.717) is 16.8 Å². The Balaban J connectivity index is 2.24. The smallest absolute Gasteiger partial charge is 0.273 e. The quantitative estimate of drug-likeness (QED) is 0.669. The van der Waals surface area contributed by atoms with Crippen molar-refractivity contribution in [1.82, 2.24) is 5.32 Å². The molecule has 0 saturated carbocycles. The lowest BCUT2D eigenvalue weighted by Crippen LogP contribution is -2.18. The number of nitrogens with zero attached hydrogens (tertiary/aromatic N) is 1. The van der Waals surface area contributed by atoms with Gasteiger partial charge < -0.3 is 10.6 Å². The number of anilines is 1. The van der Waals surface area contributed by atoms with Gasteiger partial charge in [0.05, 0.1) is 4.92 Å². The lowest BCUT2D eigenvalue weighted by molar-refractivity contribution is -0.385. The second kappa shape index (κ2) is 6.69. The molecule has 7 heteroatoms. The average Bonchev–Trinajstić information content (AvgIpc) is 2.54. The molecule has 0 saturated heterocycles. The van der Waals surface area contributed by atoms with Gasteiger partial charge in [-0.25, -0.2) is 0 Å². The number of nitro groups is 1. The molecule has 0 aliphatic carbocycles. The highest BCUT2D eigenvalue weighted by Crippen LogP contribution is 2.20. The van der Waals surface area contributed by atoms with Crippen molar-refractivity contribution in [3.05, 3.63) is 69.3 Å². The van der Waals surface area contributed by atoms with Crippen molar-refractivity contribution in [3.63, 3.8) is 0 Å². The predicted molar refractivity (Wildman–Crippen MR) is 85.6 cm³/mol. The van der Waals surface area contributed by atoms with E-state index in [2.05, 4.69) is 10.6 Å². The van der Waals surface area contributed by atoms with Crippen LogP contribution in [-0.2, 0) is 0 Å². The van der Waals surface area contributed by atoms with Crippen molar-refractivity contribution in [3.8, 4) is 0 Å². The molecule has 23 heavy (non-hydrogen) atoms. The average molecular weight is 313 g/mol. The molecule has 0 fully saturated rings. The summed E-state index contributed by atoms with van der Waals surface area (Å²) in [6.45, 7) is 1.60. The molecular weight excluding hydrogens is 298 g/mol. The van der Waals surface area contributed by atoms with Crippen LogP contribution in [0.1, 0.15) is 26.3 Å². The Kier molecular flexibility index (Phi) is 4.70. The molecule has 0 spiro atoms. The minimum Gasteiger partial charge on any atom is -0.355 e. The van der Waals surface area contributed by atoms with Crippen molar-refractivity contribution < 1.29 is 14.5 Å². The number of rotatable bonds is 4. The first-order chi connectivity index (χ1) is 10.9. The molecule has 2 rings (SSSR count). The van der Waals surface area contributed by atoms with Crippen molar-refractivity contribution in [2.24, 2.45) is 0 Å². The standard InChI is InChI=1S/C16H15N3O4/c1-10-6-7-12(9-14(10)19(22)23)16(21)18-13-5-3-4-11(8-13)15(20)17-2/h3-9H,1-2H3,(H,17,20)(H,18,21). The summed E-state index contributed by atoms with van der Waals surface area (Å²) in [4.78, 5) is 34.2. The van der Waals surface area contributed by atoms with Gasteiger partial charge in [0.2, 0.25) is 0 Å². The van der Waals surface area contributed by atoms with E-state index in [-0.39, 0.29) is 17.2 Å². The lowest BCUT2D eigenvalue weighted by Gasteiger charge is -2.07. The zero-order valence-corrected chi connectivity index (χ0v) is 12.6. The highest BCUT2D eigenvalue weighted by molar-refractivity contribution is 6.05. The minimum absolute atomic E-state index is 0.114. The summed E-state index contributed by atoms with van der Waals surface area (Å²) in [7, 11) is 1.51. The molecule has 2 amide bonds. The lowest BCUT2D eigenvalue weighted by atomic mass is 10.1. The van der Waals surface area contributed by atoms with Crippen molar-refractivity contribution in [2.75, 3.05) is 12.4 Å². The van der Waals surface area contributed by atoms with Crippen LogP contribution in [0, 0.1) is 17.0 Å². The van der Waals surface area contributed by atoms with Gasteiger partial charge in [0.1, 0.15) is 0 Å². The third-order valence-electron chi connectivity index (χ3n) is 3.28. The third-order valence-corrected chi connectivity index (χ3v) is 3.28. The van der Waals surface area contributed by atoms with E-state index in [1.165, 1.54) is 31.3 Å². The Bertz CT molecular complexity index is 787. The topological polar surface area (TPSA) is 101 Å². The molecule has 0 unspecified atom stereocenters. The maximum Gasteiger partial charge on any atom is 0.273 e. The first kappa shape index (κ1) is 16.2. The molecule has 7 nitrogen and oxygen atoms in total. The van der Waals surface area contributed by atoms with Gasteiger partial charge in [0.15, 0.2) is 0 Å². The van der Waals surface area contributed by atoms with Gasteiger partial charge in [-0.05, 0) is 31.2 Å². The molecule has 2 aromatic carbocycles. The molecule has 2 aromatic rings. The molecule has 0 atom stereocenters. The van der Waals surface area contributed by atoms with Crippen molar-refractivity contribution in [1.29, 1.82) is 0 Å². The van der Waals surface area contributed by atoms with Gasteiger partial charge in [-0.1, -0.05) is 12.1 Å². The van der Waals surface area contributed by atoms with Gasteiger partial charge in [-0.3, -0.25) is 19.7 Å². The van der Waals surface area contributed by atoms with Gasteiger partial charge in [0, 0.05) is 35.5 Å². The van der Waals surface area contributed by atoms with E-state index in [4.69, 9.17) is 0 Å². The number of nitro benzene ring substituents is 1. The van der Waals surface area contributed by atoms with E-state index < -0.39 is 10.8 Å². The number of hydrogen-bond donors (Lipinski definition) is 2. The van der Waals surface area contributed by atoms with E-state index >= 15 is 0 Å². The molecule has 2 N–H and O–H groups in total. The summed E-state index contributed by atoms with van der Waals surface area (Å²) in [5, 5.41) is 16.1. The number of benzene rings is 2. The fourth-order valence-electron chi connectivity index (χ4n) is 2.03. The fourth-order valence-corrected chi connectivity index (χ4v) is 2.03. The summed E-state index contributed by atoms with van der Waals surface area (Å²) < 4.78 is 0. The Morgan fingerprint density at radius 1 is 1.04 bits per heavy atom. The molecule has 0 aliphatic rings. The van der Waals surface area contributed by atoms with Gasteiger partial charge in [-0.2, -0.15) is 0 Å². The Labute approximate surface area is 132 Å². The van der Waals surface area contributed by atoms with E-state index in [9.17, 15) is 19.7 Å². The minimum atomic E-state index is -0.529. The third kappa shape index (κ3) is 3.70. The number of nitrogens with one attached hydrogen (secondary N) is 2. The summed E-state index contributed by atoms with van der Waals surface area (Å²) in [5.74, 6) is -0.755. The second-order valence-corrected chi connectivity index (χ2v) is 4.87. The molecule has 0 heterocycles. The predicted octanol–water partition coefficient (Wildman–Crippen LogP) is 2.52. The number of amides is 2. The monoisotopic (exact) mass is 313 g/mol. The van der Waals surface area contributed by atoms with Crippen molar-refractivity contribution >= 4 is 23.2 Å². The Morgan fingerprint density at radius 3 is 2.39 bits per heavy atom. The zero-order valence-electron chi connectivity index (χ0n) is 12.6. The Morgan fingerprint density at radius 2 is 1.74 bits per heavy atom. The fraction of sp³-hybridized carbons (Fsp3) is 0.125. The van der Waals surface area contributed by atoms with Crippen LogP contribution in [0.3, 0.4) is 0 Å². The summed E-state index contributed by atoms with van der Waals surface area (Å²) in [6.07, 6.45) is 0. The SMILES string of the molecule is CNC(=O)c1cccc(NC(=O)c2ccc(C)c([N+](=O)[O-])c2)c1. The van der Waals surface area contributed by atoms with E-state index in [1.807, 2.05) is 0 Å². The van der Waals surface area contributed by atoms with Crippen LogP contribution in [0.4, 0.5) is 11.4 Å². The number of aryl methyl sites for hydroxylation is 1. The molecule has 0 aromatic heterocycles. The summed E-state index contributed by atoms with van der Waals surface area (Å²) in [5.41, 5.74) is 1.37. The van der Waals surface area contributed by atoms with Crippen LogP contribution < -0.4 is 10.6 Å². The van der Waals surface area contributed by atoms with Crippen LogP contribution in [0.2, 0.25) is 0 Å². The second-order valence-electron chi connectivity index (χ2n) is 4.87. The maximum atomic E-state index is 12.2. The zero-order chi connectivity index (χ0) is 17.0. The normalized spacial score (nSPS) is 10.0. The molecule has 118 valence electrons. The van der Waals surface area contributed by atoms with E-state index in [1.54, 1.807) is 25.1 Å². The highest BCUT2D eigenvalue weighted by atomic mass is 16.6. The van der Waals surface area contributed by atoms with Gasteiger partial charge in [0.25, 0.3) is 17.5 Å². The van der Waals surface area contributed by atoms with Crippen LogP contribution in [-0.4, -0.2) is 23.8 Å². The van der Waals surface area contributed by atoms with Crippen LogP contribution in [0.5, 0.6) is 0 Å². The van der Waals surface area contributed by atoms with Gasteiger partial charge in [-0.15, -0.1) is 0 Å². The first-order valence-electron chi connectivity index (χ1n) is 6.81. The molecule has 0 aliphatic heterocycles. The van der Waals surface area contributed by atoms with E-state index in [0.717, 1.165) is 0 Å². The van der Waals surface area contributed by atoms with Crippen molar-refractivity contribution in [2.45, 2.75) is 6.92 Å². The summed E-state index contributed by atoms with van der Waals surface area (Å²) >= 11 is 0. The van der Waals surface area contributed by atoms with Gasteiger partial charge >= 0.3 is 0 Å².